The Kier molecular flexibility index (Phi) is 12.4. The van der Waals surface area contributed by atoms with Crippen molar-refractivity contribution >= 4 is 42.3 Å². The van der Waals surface area contributed by atoms with Gasteiger partial charge < -0.3 is 21.3 Å². The lowest BCUT2D eigenvalue weighted by Crippen LogP contribution is -2.41. The zero-order chi connectivity index (χ0) is 19.0. The number of nitrogens with one attached hydrogen (secondary N) is 2. The van der Waals surface area contributed by atoms with Crippen LogP contribution in [-0.4, -0.2) is 49.4 Å². The van der Waals surface area contributed by atoms with Crippen molar-refractivity contribution in [1.29, 1.82) is 0 Å². The maximum Gasteiger partial charge on any atom is 0.251 e. The molecule has 0 unspecified atom stereocenters. The Labute approximate surface area is 180 Å². The fourth-order valence-corrected chi connectivity index (χ4v) is 3.36. The summed E-state index contributed by atoms with van der Waals surface area (Å²) in [5.74, 6) is -0.145. The molecule has 0 aliphatic carbocycles. The zero-order valence-corrected chi connectivity index (χ0v) is 18.5. The van der Waals surface area contributed by atoms with E-state index in [2.05, 4.69) is 15.5 Å². The standard InChI is InChI=1S/C20H32N4O2.2ClH/c1-3-20(4-2,15-21)19(26)23-17-9-7-16(8-10-17)18(25)22-11-14-24-12-5-6-13-24;;/h7-10H,3-6,11-15,21H2,1-2H3,(H,22,25)(H,23,26);2*1H. The molecule has 1 aliphatic rings. The molecule has 1 heterocycles. The summed E-state index contributed by atoms with van der Waals surface area (Å²) in [4.78, 5) is 27.1. The van der Waals surface area contributed by atoms with E-state index in [1.807, 2.05) is 13.8 Å². The van der Waals surface area contributed by atoms with Crippen molar-refractivity contribution in [3.8, 4) is 0 Å². The van der Waals surface area contributed by atoms with Crippen molar-refractivity contribution in [3.05, 3.63) is 29.8 Å². The number of hydrogen-bond acceptors (Lipinski definition) is 4. The smallest absolute Gasteiger partial charge is 0.251 e. The molecule has 28 heavy (non-hydrogen) atoms. The van der Waals surface area contributed by atoms with Crippen LogP contribution >= 0.6 is 24.8 Å². The number of nitrogens with zero attached hydrogens (tertiary/aromatic N) is 1. The summed E-state index contributed by atoms with van der Waals surface area (Å²) >= 11 is 0. The van der Waals surface area contributed by atoms with Gasteiger partial charge in [-0.15, -0.1) is 24.8 Å². The highest BCUT2D eigenvalue weighted by Crippen LogP contribution is 2.27. The Bertz CT molecular complexity index is 592. The van der Waals surface area contributed by atoms with Gasteiger partial charge in [-0.1, -0.05) is 13.8 Å². The molecule has 1 saturated heterocycles. The molecule has 4 N–H and O–H groups in total. The molecule has 0 saturated carbocycles. The fourth-order valence-electron chi connectivity index (χ4n) is 3.36. The first-order valence-electron chi connectivity index (χ1n) is 9.66. The van der Waals surface area contributed by atoms with E-state index in [4.69, 9.17) is 5.73 Å². The molecule has 8 heteroatoms. The highest BCUT2D eigenvalue weighted by atomic mass is 35.5. The van der Waals surface area contributed by atoms with Crippen LogP contribution in [0.15, 0.2) is 24.3 Å². The quantitative estimate of drug-likeness (QED) is 0.559. The number of amides is 2. The first kappa shape index (κ1) is 26.7. The fraction of sp³-hybridized carbons (Fsp3) is 0.600. The van der Waals surface area contributed by atoms with Crippen LogP contribution < -0.4 is 16.4 Å². The molecule has 0 radical (unpaired) electrons. The van der Waals surface area contributed by atoms with Crippen LogP contribution in [0.1, 0.15) is 49.9 Å². The number of nitrogens with two attached hydrogens (primary N) is 1. The van der Waals surface area contributed by atoms with Crippen molar-refractivity contribution in [1.82, 2.24) is 10.2 Å². The Morgan fingerprint density at radius 1 is 1.07 bits per heavy atom. The van der Waals surface area contributed by atoms with E-state index in [0.29, 0.717) is 37.2 Å². The predicted molar refractivity (Wildman–Crippen MR) is 120 cm³/mol. The first-order valence-corrected chi connectivity index (χ1v) is 9.66. The predicted octanol–water partition coefficient (Wildman–Crippen LogP) is 3.06. The highest BCUT2D eigenvalue weighted by Gasteiger charge is 2.33. The van der Waals surface area contributed by atoms with Gasteiger partial charge in [-0.25, -0.2) is 0 Å². The second kappa shape index (κ2) is 13.0. The summed E-state index contributed by atoms with van der Waals surface area (Å²) in [6.07, 6.45) is 3.90. The average Bonchev–Trinajstić information content (AvgIpc) is 3.17. The SMILES string of the molecule is CCC(CC)(CN)C(=O)Nc1ccc(C(=O)NCCN2CCCC2)cc1.Cl.Cl. The lowest BCUT2D eigenvalue weighted by Gasteiger charge is -2.28. The summed E-state index contributed by atoms with van der Waals surface area (Å²) in [5.41, 5.74) is 6.57. The third kappa shape index (κ3) is 6.92. The van der Waals surface area contributed by atoms with E-state index in [1.54, 1.807) is 24.3 Å². The third-order valence-corrected chi connectivity index (χ3v) is 5.54. The van der Waals surface area contributed by atoms with E-state index in [-0.39, 0.29) is 36.6 Å². The number of anilines is 1. The highest BCUT2D eigenvalue weighted by molar-refractivity contribution is 5.97. The lowest BCUT2D eigenvalue weighted by molar-refractivity contribution is -0.125. The van der Waals surface area contributed by atoms with E-state index in [0.717, 1.165) is 19.6 Å². The van der Waals surface area contributed by atoms with Crippen LogP contribution in [0.4, 0.5) is 5.69 Å². The Morgan fingerprint density at radius 2 is 1.64 bits per heavy atom. The van der Waals surface area contributed by atoms with Gasteiger partial charge in [-0.2, -0.15) is 0 Å². The summed E-state index contributed by atoms with van der Waals surface area (Å²) < 4.78 is 0. The van der Waals surface area contributed by atoms with Gasteiger partial charge in [-0.3, -0.25) is 9.59 Å². The van der Waals surface area contributed by atoms with Crippen molar-refractivity contribution in [3.63, 3.8) is 0 Å². The van der Waals surface area contributed by atoms with Crippen LogP contribution in [0.5, 0.6) is 0 Å². The summed E-state index contributed by atoms with van der Waals surface area (Å²) in [6.45, 7) is 8.09. The number of likely N-dealkylation sites (tertiary alicyclic amines) is 1. The summed E-state index contributed by atoms with van der Waals surface area (Å²) in [7, 11) is 0. The van der Waals surface area contributed by atoms with E-state index in [9.17, 15) is 9.59 Å². The third-order valence-electron chi connectivity index (χ3n) is 5.54. The number of carbonyl (C=O) groups is 2. The van der Waals surface area contributed by atoms with Crippen LogP contribution in [-0.2, 0) is 4.79 Å². The van der Waals surface area contributed by atoms with Crippen molar-refractivity contribution < 1.29 is 9.59 Å². The number of halogens is 2. The van der Waals surface area contributed by atoms with E-state index in [1.165, 1.54) is 12.8 Å². The van der Waals surface area contributed by atoms with Gasteiger partial charge in [0.05, 0.1) is 5.41 Å². The Morgan fingerprint density at radius 3 is 2.14 bits per heavy atom. The number of hydrogen-bond donors (Lipinski definition) is 3. The second-order valence-electron chi connectivity index (χ2n) is 7.03. The first-order chi connectivity index (χ1) is 12.5. The molecule has 0 atom stereocenters. The number of rotatable bonds is 9. The van der Waals surface area contributed by atoms with E-state index >= 15 is 0 Å². The van der Waals surface area contributed by atoms with Crippen LogP contribution in [0.25, 0.3) is 0 Å². The summed E-state index contributed by atoms with van der Waals surface area (Å²) in [5, 5.41) is 5.88. The molecule has 2 amide bonds. The van der Waals surface area contributed by atoms with Crippen LogP contribution in [0, 0.1) is 5.41 Å². The average molecular weight is 433 g/mol. The van der Waals surface area contributed by atoms with Crippen LogP contribution in [0.2, 0.25) is 0 Å². The molecule has 2 rings (SSSR count). The molecule has 1 aromatic rings. The van der Waals surface area contributed by atoms with Crippen molar-refractivity contribution in [2.45, 2.75) is 39.5 Å². The maximum atomic E-state index is 12.5. The van der Waals surface area contributed by atoms with Gasteiger partial charge >= 0.3 is 0 Å². The molecular formula is C20H34Cl2N4O2. The Hall–Kier alpha value is -1.34. The lowest BCUT2D eigenvalue weighted by atomic mass is 9.81. The molecule has 1 aliphatic heterocycles. The van der Waals surface area contributed by atoms with Gasteiger partial charge in [0.1, 0.15) is 0 Å². The molecular weight excluding hydrogens is 399 g/mol. The van der Waals surface area contributed by atoms with Crippen LogP contribution in [0.3, 0.4) is 0 Å². The molecule has 0 aromatic heterocycles. The number of benzene rings is 1. The van der Waals surface area contributed by atoms with Gasteiger partial charge in [0.25, 0.3) is 5.91 Å². The van der Waals surface area contributed by atoms with Gasteiger partial charge in [0.2, 0.25) is 5.91 Å². The van der Waals surface area contributed by atoms with E-state index < -0.39 is 5.41 Å². The second-order valence-corrected chi connectivity index (χ2v) is 7.03. The topological polar surface area (TPSA) is 87.5 Å². The molecule has 1 fully saturated rings. The minimum absolute atomic E-state index is 0. The minimum Gasteiger partial charge on any atom is -0.351 e. The largest absolute Gasteiger partial charge is 0.351 e. The van der Waals surface area contributed by atoms with Crippen molar-refractivity contribution in [2.24, 2.45) is 11.1 Å². The van der Waals surface area contributed by atoms with Gasteiger partial charge in [0, 0.05) is 30.9 Å². The zero-order valence-electron chi connectivity index (χ0n) is 16.8. The van der Waals surface area contributed by atoms with Crippen molar-refractivity contribution in [2.75, 3.05) is 38.0 Å². The normalized spacial score (nSPS) is 14.0. The molecule has 6 nitrogen and oxygen atoms in total. The minimum atomic E-state index is -0.536. The summed E-state index contributed by atoms with van der Waals surface area (Å²) in [6, 6.07) is 7.01. The van der Waals surface area contributed by atoms with Gasteiger partial charge in [0.15, 0.2) is 0 Å². The number of carbonyl (C=O) groups excluding carboxylic acids is 2. The molecule has 160 valence electrons. The Balaban J connectivity index is 0.00000364. The molecule has 0 spiro atoms. The van der Waals surface area contributed by atoms with Gasteiger partial charge in [-0.05, 0) is 63.0 Å². The molecule has 1 aromatic carbocycles. The molecule has 0 bridgehead atoms. The maximum absolute atomic E-state index is 12.5. The monoisotopic (exact) mass is 432 g/mol.